The van der Waals surface area contributed by atoms with Crippen molar-refractivity contribution in [1.29, 1.82) is 0 Å². The van der Waals surface area contributed by atoms with Crippen LogP contribution in [-0.2, 0) is 13.1 Å². The van der Waals surface area contributed by atoms with Gasteiger partial charge in [-0.3, -0.25) is 0 Å². The molecule has 0 saturated heterocycles. The van der Waals surface area contributed by atoms with Crippen LogP contribution in [0.25, 0.3) is 0 Å². The number of nitrogens with zero attached hydrogens (tertiary/aromatic N) is 1. The molecule has 0 radical (unpaired) electrons. The highest BCUT2D eigenvalue weighted by Crippen LogP contribution is 2.38. The summed E-state index contributed by atoms with van der Waals surface area (Å²) in [5.41, 5.74) is 3.37. The molecule has 1 fully saturated rings. The van der Waals surface area contributed by atoms with E-state index in [-0.39, 0.29) is 0 Å². The van der Waals surface area contributed by atoms with Crippen LogP contribution in [0.3, 0.4) is 0 Å². The topological polar surface area (TPSA) is 15.3 Å². The molecule has 118 valence electrons. The number of rotatable bonds is 5. The molecule has 0 amide bonds. The molecule has 1 aromatic rings. The van der Waals surface area contributed by atoms with E-state index in [0.29, 0.717) is 11.5 Å². The van der Waals surface area contributed by atoms with Crippen LogP contribution in [0.1, 0.15) is 51.2 Å². The van der Waals surface area contributed by atoms with Crippen LogP contribution in [-0.4, -0.2) is 25.0 Å². The van der Waals surface area contributed by atoms with Crippen LogP contribution in [0.2, 0.25) is 0 Å². The molecular weight excluding hydrogens is 256 g/mol. The maximum atomic E-state index is 3.82. The average Bonchev–Trinajstić information content (AvgIpc) is 2.34. The van der Waals surface area contributed by atoms with Gasteiger partial charge >= 0.3 is 0 Å². The summed E-state index contributed by atoms with van der Waals surface area (Å²) in [5, 5.41) is 3.82. The standard InChI is InChI=1S/C19H32N2/c1-15-10-18(12-19(2,3)11-15)20-13-16-8-6-7-9-17(16)14-21(4)5/h6-9,15,18,20H,10-14H2,1-5H3. The van der Waals surface area contributed by atoms with Gasteiger partial charge in [0.25, 0.3) is 0 Å². The molecular formula is C19H32N2. The Morgan fingerprint density at radius 1 is 1.14 bits per heavy atom. The lowest BCUT2D eigenvalue weighted by Crippen LogP contribution is -2.40. The first-order valence-corrected chi connectivity index (χ1v) is 8.30. The van der Waals surface area contributed by atoms with E-state index < -0.39 is 0 Å². The van der Waals surface area contributed by atoms with Crippen LogP contribution in [0.5, 0.6) is 0 Å². The molecule has 2 nitrogen and oxygen atoms in total. The fraction of sp³-hybridized carbons (Fsp3) is 0.684. The van der Waals surface area contributed by atoms with Gasteiger partial charge in [-0.15, -0.1) is 0 Å². The number of hydrogen-bond donors (Lipinski definition) is 1. The first-order valence-electron chi connectivity index (χ1n) is 8.30. The molecule has 0 bridgehead atoms. The summed E-state index contributed by atoms with van der Waals surface area (Å²) in [6.45, 7) is 9.24. The van der Waals surface area contributed by atoms with Gasteiger partial charge in [-0.05, 0) is 55.8 Å². The minimum Gasteiger partial charge on any atom is -0.310 e. The quantitative estimate of drug-likeness (QED) is 0.879. The Labute approximate surface area is 130 Å². The fourth-order valence-corrected chi connectivity index (χ4v) is 3.98. The highest BCUT2D eigenvalue weighted by molar-refractivity contribution is 5.27. The minimum absolute atomic E-state index is 0.485. The SMILES string of the molecule is CC1CC(NCc2ccccc2CN(C)C)CC(C)(C)C1. The largest absolute Gasteiger partial charge is 0.310 e. The smallest absolute Gasteiger partial charge is 0.0230 e. The van der Waals surface area contributed by atoms with E-state index in [4.69, 9.17) is 0 Å². The monoisotopic (exact) mass is 288 g/mol. The summed E-state index contributed by atoms with van der Waals surface area (Å²) in [7, 11) is 4.27. The zero-order chi connectivity index (χ0) is 15.5. The first kappa shape index (κ1) is 16.5. The Kier molecular flexibility index (Phi) is 5.45. The minimum atomic E-state index is 0.485. The Hall–Kier alpha value is -0.860. The Bertz CT molecular complexity index is 451. The molecule has 21 heavy (non-hydrogen) atoms. The van der Waals surface area contributed by atoms with Crippen LogP contribution in [0.4, 0.5) is 0 Å². The lowest BCUT2D eigenvalue weighted by atomic mass is 9.70. The molecule has 2 rings (SSSR count). The van der Waals surface area contributed by atoms with Crippen molar-refractivity contribution in [2.45, 2.75) is 59.2 Å². The predicted molar refractivity (Wildman–Crippen MR) is 91.3 cm³/mol. The third kappa shape index (κ3) is 5.12. The number of benzene rings is 1. The summed E-state index contributed by atoms with van der Waals surface area (Å²) < 4.78 is 0. The third-order valence-corrected chi connectivity index (χ3v) is 4.57. The van der Waals surface area contributed by atoms with Gasteiger partial charge in [0.2, 0.25) is 0 Å². The molecule has 1 N–H and O–H groups in total. The Balaban J connectivity index is 1.96. The van der Waals surface area contributed by atoms with Gasteiger partial charge in [0.15, 0.2) is 0 Å². The molecule has 1 aliphatic carbocycles. The summed E-state index contributed by atoms with van der Waals surface area (Å²) in [6, 6.07) is 9.49. The van der Waals surface area contributed by atoms with Gasteiger partial charge in [-0.1, -0.05) is 45.0 Å². The second-order valence-corrected chi connectivity index (χ2v) is 8.00. The maximum absolute atomic E-state index is 3.82. The van der Waals surface area contributed by atoms with Crippen LogP contribution < -0.4 is 5.32 Å². The molecule has 1 saturated carbocycles. The molecule has 1 aromatic carbocycles. The van der Waals surface area contributed by atoms with E-state index in [2.05, 4.69) is 69.3 Å². The van der Waals surface area contributed by atoms with E-state index in [1.165, 1.54) is 30.4 Å². The summed E-state index contributed by atoms with van der Waals surface area (Å²) in [5.74, 6) is 0.836. The number of hydrogen-bond acceptors (Lipinski definition) is 2. The molecule has 0 heterocycles. The normalized spacial score (nSPS) is 25.2. The Morgan fingerprint density at radius 3 is 2.43 bits per heavy atom. The summed E-state index contributed by atoms with van der Waals surface area (Å²) in [4.78, 5) is 2.24. The Morgan fingerprint density at radius 2 is 1.81 bits per heavy atom. The van der Waals surface area contributed by atoms with Gasteiger partial charge in [0.05, 0.1) is 0 Å². The first-order chi connectivity index (χ1) is 9.85. The molecule has 2 unspecified atom stereocenters. The van der Waals surface area contributed by atoms with Gasteiger partial charge in [-0.2, -0.15) is 0 Å². The van der Waals surface area contributed by atoms with Crippen molar-refractivity contribution in [2.24, 2.45) is 11.3 Å². The average molecular weight is 288 g/mol. The molecule has 2 heteroatoms. The molecule has 0 spiro atoms. The lowest BCUT2D eigenvalue weighted by Gasteiger charge is -2.39. The highest BCUT2D eigenvalue weighted by Gasteiger charge is 2.31. The molecule has 0 aliphatic heterocycles. The fourth-order valence-electron chi connectivity index (χ4n) is 3.98. The number of nitrogens with one attached hydrogen (secondary N) is 1. The second-order valence-electron chi connectivity index (χ2n) is 8.00. The van der Waals surface area contributed by atoms with E-state index in [1.807, 2.05) is 0 Å². The zero-order valence-corrected chi connectivity index (χ0v) is 14.4. The predicted octanol–water partition coefficient (Wildman–Crippen LogP) is 4.05. The maximum Gasteiger partial charge on any atom is 0.0230 e. The van der Waals surface area contributed by atoms with Crippen LogP contribution in [0.15, 0.2) is 24.3 Å². The van der Waals surface area contributed by atoms with Gasteiger partial charge in [0, 0.05) is 19.1 Å². The van der Waals surface area contributed by atoms with Crippen molar-refractivity contribution in [2.75, 3.05) is 14.1 Å². The van der Waals surface area contributed by atoms with Crippen molar-refractivity contribution in [3.63, 3.8) is 0 Å². The van der Waals surface area contributed by atoms with E-state index in [9.17, 15) is 0 Å². The van der Waals surface area contributed by atoms with Crippen molar-refractivity contribution < 1.29 is 0 Å². The van der Waals surface area contributed by atoms with E-state index in [0.717, 1.165) is 19.0 Å². The summed E-state index contributed by atoms with van der Waals surface area (Å²) >= 11 is 0. The molecule has 0 aromatic heterocycles. The van der Waals surface area contributed by atoms with Crippen molar-refractivity contribution in [3.05, 3.63) is 35.4 Å². The highest BCUT2D eigenvalue weighted by atomic mass is 15.0. The van der Waals surface area contributed by atoms with Gasteiger partial charge in [0.1, 0.15) is 0 Å². The lowest BCUT2D eigenvalue weighted by molar-refractivity contribution is 0.151. The van der Waals surface area contributed by atoms with Crippen molar-refractivity contribution in [1.82, 2.24) is 10.2 Å². The summed E-state index contributed by atoms with van der Waals surface area (Å²) in [6.07, 6.45) is 3.98. The van der Waals surface area contributed by atoms with Crippen LogP contribution >= 0.6 is 0 Å². The van der Waals surface area contributed by atoms with Gasteiger partial charge in [-0.25, -0.2) is 0 Å². The van der Waals surface area contributed by atoms with Crippen molar-refractivity contribution >= 4 is 0 Å². The third-order valence-electron chi connectivity index (χ3n) is 4.57. The molecule has 1 aliphatic rings. The van der Waals surface area contributed by atoms with E-state index >= 15 is 0 Å². The van der Waals surface area contributed by atoms with Crippen LogP contribution in [0, 0.1) is 11.3 Å². The zero-order valence-electron chi connectivity index (χ0n) is 14.4. The van der Waals surface area contributed by atoms with Crippen molar-refractivity contribution in [3.8, 4) is 0 Å². The molecule has 2 atom stereocenters. The van der Waals surface area contributed by atoms with E-state index in [1.54, 1.807) is 0 Å². The van der Waals surface area contributed by atoms with Gasteiger partial charge < -0.3 is 10.2 Å². The second kappa shape index (κ2) is 6.93.